The molecule has 11 nitrogen and oxygen atoms in total. The van der Waals surface area contributed by atoms with Gasteiger partial charge in [-0.3, -0.25) is 15.0 Å². The fourth-order valence-corrected chi connectivity index (χ4v) is 6.37. The molecule has 2 aromatic carbocycles. The van der Waals surface area contributed by atoms with Crippen LogP contribution in [0.25, 0.3) is 0 Å². The van der Waals surface area contributed by atoms with Crippen LogP contribution in [-0.4, -0.2) is 72.7 Å². The van der Waals surface area contributed by atoms with Crippen LogP contribution in [0, 0.1) is 5.92 Å². The fourth-order valence-electron chi connectivity index (χ4n) is 4.73. The quantitative estimate of drug-likeness (QED) is 0.266. The molecule has 2 heterocycles. The highest BCUT2D eigenvalue weighted by Gasteiger charge is 2.44. The average molecular weight is 569 g/mol. The number of hydrogen-bond donors (Lipinski definition) is 2. The normalized spacial score (nSPS) is 16.0. The molecule has 1 unspecified atom stereocenters. The van der Waals surface area contributed by atoms with E-state index in [1.807, 2.05) is 30.3 Å². The Labute approximate surface area is 233 Å². The molecule has 0 radical (unpaired) electrons. The number of methoxy groups -OCH3 is 1. The number of nitrogens with one attached hydrogen (secondary N) is 1. The van der Waals surface area contributed by atoms with E-state index in [-0.39, 0.29) is 31.1 Å². The van der Waals surface area contributed by atoms with Crippen molar-refractivity contribution < 1.29 is 32.7 Å². The van der Waals surface area contributed by atoms with Gasteiger partial charge in [-0.1, -0.05) is 30.3 Å². The van der Waals surface area contributed by atoms with Crippen molar-refractivity contribution in [2.75, 3.05) is 26.8 Å². The molecule has 2 N–H and O–H groups in total. The van der Waals surface area contributed by atoms with Gasteiger partial charge in [-0.15, -0.1) is 0 Å². The highest BCUT2D eigenvalue weighted by atomic mass is 32.2. The maximum absolute atomic E-state index is 13.9. The summed E-state index contributed by atoms with van der Waals surface area (Å²) >= 11 is 0. The molecule has 0 spiro atoms. The van der Waals surface area contributed by atoms with Crippen molar-refractivity contribution in [3.63, 3.8) is 0 Å². The number of hydrogen-bond acceptors (Lipinski definition) is 8. The zero-order chi connectivity index (χ0) is 28.5. The average Bonchev–Trinajstić information content (AvgIpc) is 3.47. The van der Waals surface area contributed by atoms with E-state index in [0.29, 0.717) is 24.2 Å². The first-order valence-corrected chi connectivity index (χ1v) is 14.2. The second kappa shape index (κ2) is 13.4. The smallest absolute Gasteiger partial charge is 0.409 e. The van der Waals surface area contributed by atoms with Crippen molar-refractivity contribution in [3.05, 3.63) is 90.3 Å². The van der Waals surface area contributed by atoms with Gasteiger partial charge in [0.2, 0.25) is 10.0 Å². The van der Waals surface area contributed by atoms with E-state index >= 15 is 0 Å². The van der Waals surface area contributed by atoms with E-state index in [1.54, 1.807) is 17.6 Å². The lowest BCUT2D eigenvalue weighted by molar-refractivity contribution is -0.135. The minimum Gasteiger partial charge on any atom is -0.497 e. The lowest BCUT2D eigenvalue weighted by Gasteiger charge is -2.33. The largest absolute Gasteiger partial charge is 0.497 e. The van der Waals surface area contributed by atoms with Gasteiger partial charge in [0, 0.05) is 44.4 Å². The van der Waals surface area contributed by atoms with Gasteiger partial charge >= 0.3 is 6.09 Å². The molecule has 1 aliphatic heterocycles. The summed E-state index contributed by atoms with van der Waals surface area (Å²) in [7, 11) is -2.78. The monoisotopic (exact) mass is 568 g/mol. The van der Waals surface area contributed by atoms with Crippen molar-refractivity contribution in [1.82, 2.24) is 19.7 Å². The summed E-state index contributed by atoms with van der Waals surface area (Å²) in [5, 5.41) is 9.63. The van der Waals surface area contributed by atoms with E-state index in [2.05, 4.69) is 4.98 Å². The van der Waals surface area contributed by atoms with Crippen molar-refractivity contribution in [2.45, 2.75) is 30.3 Å². The summed E-state index contributed by atoms with van der Waals surface area (Å²) in [6.45, 7) is 0.376. The van der Waals surface area contributed by atoms with Crippen molar-refractivity contribution >= 4 is 22.0 Å². The van der Waals surface area contributed by atoms with Gasteiger partial charge in [0.25, 0.3) is 5.91 Å². The Hall–Kier alpha value is -4.00. The van der Waals surface area contributed by atoms with Crippen LogP contribution in [0.4, 0.5) is 4.79 Å². The summed E-state index contributed by atoms with van der Waals surface area (Å²) in [6.07, 6.45) is 3.39. The summed E-state index contributed by atoms with van der Waals surface area (Å²) in [5.74, 6) is -1.03. The second-order valence-corrected chi connectivity index (χ2v) is 11.2. The molecule has 1 aromatic heterocycles. The Morgan fingerprint density at radius 2 is 1.77 bits per heavy atom. The van der Waals surface area contributed by atoms with Crippen molar-refractivity contribution in [3.8, 4) is 5.75 Å². The number of amides is 2. The number of aromatic nitrogens is 1. The van der Waals surface area contributed by atoms with Gasteiger partial charge in [0.05, 0.1) is 18.6 Å². The summed E-state index contributed by atoms with van der Waals surface area (Å²) < 4.78 is 39.6. The number of benzene rings is 2. The van der Waals surface area contributed by atoms with Crippen molar-refractivity contribution in [2.24, 2.45) is 5.92 Å². The molecule has 12 heteroatoms. The van der Waals surface area contributed by atoms with Crippen LogP contribution in [0.5, 0.6) is 5.75 Å². The van der Waals surface area contributed by atoms with Crippen LogP contribution in [0.3, 0.4) is 0 Å². The van der Waals surface area contributed by atoms with Gasteiger partial charge < -0.3 is 14.4 Å². The van der Waals surface area contributed by atoms with E-state index < -0.39 is 34.0 Å². The molecule has 1 fully saturated rings. The Morgan fingerprint density at radius 1 is 1.07 bits per heavy atom. The molecule has 0 saturated carbocycles. The topological polar surface area (TPSA) is 138 Å². The number of ether oxygens (including phenoxy) is 2. The number of carbonyl (C=O) groups is 2. The van der Waals surface area contributed by atoms with Crippen LogP contribution in [0.2, 0.25) is 0 Å². The first-order valence-electron chi connectivity index (χ1n) is 12.8. The van der Waals surface area contributed by atoms with E-state index in [1.165, 1.54) is 48.7 Å². The molecule has 1 saturated heterocycles. The van der Waals surface area contributed by atoms with Crippen LogP contribution in [0.1, 0.15) is 17.5 Å². The molecule has 4 rings (SSSR count). The zero-order valence-corrected chi connectivity index (χ0v) is 22.9. The third-order valence-corrected chi connectivity index (χ3v) is 8.67. The predicted molar refractivity (Wildman–Crippen MR) is 145 cm³/mol. The van der Waals surface area contributed by atoms with Crippen LogP contribution >= 0.6 is 0 Å². The number of rotatable bonds is 11. The van der Waals surface area contributed by atoms with Gasteiger partial charge in [-0.05, 0) is 53.9 Å². The van der Waals surface area contributed by atoms with Gasteiger partial charge in [0.1, 0.15) is 11.8 Å². The second-order valence-electron chi connectivity index (χ2n) is 9.35. The first-order chi connectivity index (χ1) is 19.3. The predicted octanol–water partition coefficient (Wildman–Crippen LogP) is 2.86. The molecule has 0 aliphatic carbocycles. The number of carbonyl (C=O) groups excluding carboxylic acids is 2. The SMILES string of the molecule is COc1ccc(S(=O)(=O)N(Cc2ccncc2)[C@@H](C(=O)NO)C2CCN(C(=O)OCCc3ccccc3)C2)cc1. The van der Waals surface area contributed by atoms with Crippen LogP contribution < -0.4 is 10.2 Å². The summed E-state index contributed by atoms with van der Waals surface area (Å²) in [4.78, 5) is 31.3. The van der Waals surface area contributed by atoms with Gasteiger partial charge in [0.15, 0.2) is 0 Å². The third kappa shape index (κ3) is 6.95. The maximum Gasteiger partial charge on any atom is 0.409 e. The molecular weight excluding hydrogens is 536 g/mol. The Kier molecular flexibility index (Phi) is 9.70. The molecule has 2 amide bonds. The number of hydroxylamine groups is 1. The number of sulfonamides is 1. The van der Waals surface area contributed by atoms with Gasteiger partial charge in [-0.2, -0.15) is 4.31 Å². The molecule has 212 valence electrons. The Bertz CT molecular complexity index is 1370. The summed E-state index contributed by atoms with van der Waals surface area (Å²) in [5.41, 5.74) is 3.26. The lowest BCUT2D eigenvalue weighted by Crippen LogP contribution is -2.53. The standard InChI is InChI=1S/C28H32N4O7S/c1-38-24-7-9-25(10-8-24)40(36,37)32(19-22-11-15-29-16-12-22)26(27(33)30-35)23-13-17-31(20-23)28(34)39-18-14-21-5-3-2-4-6-21/h2-12,15-16,23,26,35H,13-14,17-20H2,1H3,(H,30,33)/t23?,26-/m1/s1. The van der Waals surface area contributed by atoms with E-state index in [9.17, 15) is 23.2 Å². The minimum atomic E-state index is -4.25. The highest BCUT2D eigenvalue weighted by molar-refractivity contribution is 7.89. The molecule has 2 atom stereocenters. The molecule has 3 aromatic rings. The van der Waals surface area contributed by atoms with Crippen LogP contribution in [0.15, 0.2) is 84.0 Å². The number of likely N-dealkylation sites (tertiary alicyclic amines) is 1. The van der Waals surface area contributed by atoms with E-state index in [0.717, 1.165) is 9.87 Å². The third-order valence-electron chi connectivity index (χ3n) is 6.83. The van der Waals surface area contributed by atoms with Gasteiger partial charge in [-0.25, -0.2) is 18.7 Å². The maximum atomic E-state index is 13.9. The molecule has 40 heavy (non-hydrogen) atoms. The zero-order valence-electron chi connectivity index (χ0n) is 22.0. The fraction of sp³-hybridized carbons (Fsp3) is 0.321. The highest BCUT2D eigenvalue weighted by Crippen LogP contribution is 2.31. The number of pyridine rings is 1. The molecule has 1 aliphatic rings. The Balaban J connectivity index is 1.56. The summed E-state index contributed by atoms with van der Waals surface area (Å²) in [6, 6.07) is 17.4. The van der Waals surface area contributed by atoms with Crippen LogP contribution in [-0.2, 0) is 32.5 Å². The first kappa shape index (κ1) is 29.0. The minimum absolute atomic E-state index is 0.0479. The van der Waals surface area contributed by atoms with E-state index in [4.69, 9.17) is 9.47 Å². The van der Waals surface area contributed by atoms with Crippen molar-refractivity contribution in [1.29, 1.82) is 0 Å². The molecule has 0 bridgehead atoms. The lowest BCUT2D eigenvalue weighted by atomic mass is 9.98. The number of nitrogens with zero attached hydrogens (tertiary/aromatic N) is 3. The Morgan fingerprint density at radius 3 is 2.42 bits per heavy atom. The molecular formula is C28H32N4O7S.